The van der Waals surface area contributed by atoms with Crippen molar-refractivity contribution in [2.45, 2.75) is 6.54 Å². The number of halogens is 1. The van der Waals surface area contributed by atoms with Gasteiger partial charge in [-0.1, -0.05) is 47.1 Å². The smallest absolute Gasteiger partial charge is 0.267 e. The Balaban J connectivity index is 1.83. The summed E-state index contributed by atoms with van der Waals surface area (Å²) < 4.78 is 1.31. The molecular weight excluding hydrogens is 312 g/mol. The number of aromatic nitrogens is 4. The van der Waals surface area contributed by atoms with Gasteiger partial charge in [-0.2, -0.15) is 0 Å². The van der Waals surface area contributed by atoms with Gasteiger partial charge in [-0.3, -0.25) is 4.79 Å². The van der Waals surface area contributed by atoms with Crippen LogP contribution in [0.2, 0.25) is 5.15 Å². The van der Waals surface area contributed by atoms with Gasteiger partial charge in [-0.05, 0) is 24.3 Å². The lowest BCUT2D eigenvalue weighted by atomic mass is 10.1. The van der Waals surface area contributed by atoms with Crippen molar-refractivity contribution in [3.8, 4) is 0 Å². The van der Waals surface area contributed by atoms with Crippen molar-refractivity contribution in [1.82, 2.24) is 20.0 Å². The molecule has 0 aliphatic heterocycles. The molecule has 5 nitrogen and oxygen atoms in total. The van der Waals surface area contributed by atoms with Crippen LogP contribution in [0.15, 0.2) is 59.4 Å². The number of hydrogen-bond acceptors (Lipinski definition) is 4. The molecule has 0 radical (unpaired) electrons. The molecule has 4 rings (SSSR count). The number of hydrogen-bond donors (Lipinski definition) is 0. The van der Waals surface area contributed by atoms with Crippen molar-refractivity contribution in [3.63, 3.8) is 0 Å². The maximum Gasteiger partial charge on any atom is 0.277 e. The molecule has 23 heavy (non-hydrogen) atoms. The largest absolute Gasteiger partial charge is 0.277 e. The van der Waals surface area contributed by atoms with E-state index in [2.05, 4.69) is 15.3 Å². The summed E-state index contributed by atoms with van der Waals surface area (Å²) in [7, 11) is 0. The molecule has 0 spiro atoms. The van der Waals surface area contributed by atoms with Crippen LogP contribution >= 0.6 is 11.6 Å². The third-order valence-corrected chi connectivity index (χ3v) is 4.03. The van der Waals surface area contributed by atoms with Gasteiger partial charge in [0, 0.05) is 10.9 Å². The van der Waals surface area contributed by atoms with E-state index in [1.807, 2.05) is 36.4 Å². The predicted octanol–water partition coefficient (Wildman–Crippen LogP) is 3.04. The summed E-state index contributed by atoms with van der Waals surface area (Å²) in [5.74, 6) is 0. The first-order valence-electron chi connectivity index (χ1n) is 7.09. The summed E-state index contributed by atoms with van der Waals surface area (Å²) in [6.07, 6.45) is 0. The van der Waals surface area contributed by atoms with Crippen LogP contribution in [0.4, 0.5) is 0 Å². The molecule has 112 valence electrons. The number of rotatable bonds is 2. The molecule has 2 heterocycles. The van der Waals surface area contributed by atoms with Gasteiger partial charge in [0.2, 0.25) is 0 Å². The first kappa shape index (κ1) is 13.8. The van der Waals surface area contributed by atoms with Crippen LogP contribution in [-0.4, -0.2) is 20.0 Å². The van der Waals surface area contributed by atoms with Crippen LogP contribution in [-0.2, 0) is 6.54 Å². The Morgan fingerprint density at radius 3 is 2.61 bits per heavy atom. The van der Waals surface area contributed by atoms with Crippen LogP contribution in [0.3, 0.4) is 0 Å². The Morgan fingerprint density at radius 2 is 1.74 bits per heavy atom. The maximum atomic E-state index is 12.5. The van der Waals surface area contributed by atoms with Crippen molar-refractivity contribution in [2.75, 3.05) is 0 Å². The highest BCUT2D eigenvalue weighted by atomic mass is 35.5. The predicted molar refractivity (Wildman–Crippen MR) is 89.7 cm³/mol. The topological polar surface area (TPSA) is 60.7 Å². The lowest BCUT2D eigenvalue weighted by molar-refractivity contribution is 0.600. The molecule has 0 saturated carbocycles. The van der Waals surface area contributed by atoms with Crippen molar-refractivity contribution >= 4 is 33.4 Å². The second-order valence-electron chi connectivity index (χ2n) is 5.20. The zero-order valence-electron chi connectivity index (χ0n) is 12.0. The molecule has 0 unspecified atom stereocenters. The summed E-state index contributed by atoms with van der Waals surface area (Å²) in [5.41, 5.74) is 1.94. The van der Waals surface area contributed by atoms with E-state index in [1.165, 1.54) is 4.68 Å². The van der Waals surface area contributed by atoms with Gasteiger partial charge in [0.05, 0.1) is 17.4 Å². The Labute approximate surface area is 136 Å². The molecule has 4 aromatic rings. The molecule has 0 bridgehead atoms. The fourth-order valence-electron chi connectivity index (χ4n) is 2.54. The van der Waals surface area contributed by atoms with Gasteiger partial charge < -0.3 is 0 Å². The maximum absolute atomic E-state index is 12.5. The summed E-state index contributed by atoms with van der Waals surface area (Å²) in [4.78, 5) is 16.9. The summed E-state index contributed by atoms with van der Waals surface area (Å²) in [6.45, 7) is 0.229. The van der Waals surface area contributed by atoms with E-state index in [0.717, 1.165) is 16.5 Å². The molecule has 0 fully saturated rings. The van der Waals surface area contributed by atoms with Crippen LogP contribution in [0.1, 0.15) is 5.56 Å². The molecule has 2 aromatic heterocycles. The Morgan fingerprint density at radius 1 is 1.00 bits per heavy atom. The normalized spacial score (nSPS) is 11.2. The Hall–Kier alpha value is -2.79. The van der Waals surface area contributed by atoms with Gasteiger partial charge in [-0.15, -0.1) is 5.10 Å². The van der Waals surface area contributed by atoms with Crippen molar-refractivity contribution in [1.29, 1.82) is 0 Å². The molecule has 0 N–H and O–H groups in total. The third kappa shape index (κ3) is 2.45. The molecule has 0 aliphatic rings. The lowest BCUT2D eigenvalue weighted by Crippen LogP contribution is -2.25. The first-order chi connectivity index (χ1) is 11.2. The summed E-state index contributed by atoms with van der Waals surface area (Å²) in [6, 6.07) is 16.7. The fraction of sp³-hybridized carbons (Fsp3) is 0.0588. The van der Waals surface area contributed by atoms with Crippen LogP contribution in [0.25, 0.3) is 21.8 Å². The van der Waals surface area contributed by atoms with Crippen LogP contribution in [0.5, 0.6) is 0 Å². The second-order valence-corrected chi connectivity index (χ2v) is 5.56. The first-order valence-corrected chi connectivity index (χ1v) is 7.47. The van der Waals surface area contributed by atoms with E-state index < -0.39 is 0 Å². The highest BCUT2D eigenvalue weighted by molar-refractivity contribution is 6.30. The number of para-hydroxylation sites is 1. The van der Waals surface area contributed by atoms with Crippen molar-refractivity contribution in [3.05, 3.63) is 75.7 Å². The van der Waals surface area contributed by atoms with Gasteiger partial charge in [0.25, 0.3) is 5.56 Å². The van der Waals surface area contributed by atoms with Crippen molar-refractivity contribution in [2.24, 2.45) is 0 Å². The molecule has 6 heteroatoms. The molecular formula is C17H11ClN4O. The van der Waals surface area contributed by atoms with Gasteiger partial charge >= 0.3 is 0 Å². The highest BCUT2D eigenvalue weighted by Gasteiger charge is 2.10. The number of fused-ring (bicyclic) bond motifs is 2. The number of benzene rings is 2. The molecule has 0 saturated heterocycles. The molecule has 0 atom stereocenters. The SMILES string of the molecule is O=c1c2ccccc2nnn1Cc1cc2ccccc2nc1Cl. The van der Waals surface area contributed by atoms with E-state index in [1.54, 1.807) is 18.2 Å². The number of nitrogens with zero attached hydrogens (tertiary/aromatic N) is 4. The van der Waals surface area contributed by atoms with Crippen LogP contribution in [0, 0.1) is 0 Å². The molecule has 0 amide bonds. The van der Waals surface area contributed by atoms with E-state index in [9.17, 15) is 4.79 Å². The van der Waals surface area contributed by atoms with Gasteiger partial charge in [-0.25, -0.2) is 9.67 Å². The highest BCUT2D eigenvalue weighted by Crippen LogP contribution is 2.20. The quantitative estimate of drug-likeness (QED) is 0.532. The molecule has 2 aromatic carbocycles. The summed E-state index contributed by atoms with van der Waals surface area (Å²) >= 11 is 6.25. The number of pyridine rings is 1. The van der Waals surface area contributed by atoms with Gasteiger partial charge in [0.15, 0.2) is 0 Å². The zero-order valence-corrected chi connectivity index (χ0v) is 12.7. The minimum absolute atomic E-state index is 0.195. The van der Waals surface area contributed by atoms with Gasteiger partial charge in [0.1, 0.15) is 10.7 Å². The average Bonchev–Trinajstić information content (AvgIpc) is 2.58. The summed E-state index contributed by atoms with van der Waals surface area (Å²) in [5, 5.41) is 9.94. The standard InChI is InChI=1S/C17H11ClN4O/c18-16-12(9-11-5-1-3-7-14(11)19-16)10-22-17(23)13-6-2-4-8-15(13)20-21-22/h1-9H,10H2. The fourth-order valence-corrected chi connectivity index (χ4v) is 2.74. The second kappa shape index (κ2) is 5.44. The van der Waals surface area contributed by atoms with E-state index in [4.69, 9.17) is 11.6 Å². The monoisotopic (exact) mass is 322 g/mol. The third-order valence-electron chi connectivity index (χ3n) is 3.70. The van der Waals surface area contributed by atoms with Crippen molar-refractivity contribution < 1.29 is 0 Å². The molecule has 0 aliphatic carbocycles. The minimum atomic E-state index is -0.195. The lowest BCUT2D eigenvalue weighted by Gasteiger charge is -2.08. The Kier molecular flexibility index (Phi) is 3.28. The minimum Gasteiger partial charge on any atom is -0.267 e. The Bertz CT molecular complexity index is 1090. The average molecular weight is 323 g/mol. The zero-order chi connectivity index (χ0) is 15.8. The van der Waals surface area contributed by atoms with E-state index in [-0.39, 0.29) is 12.1 Å². The van der Waals surface area contributed by atoms with E-state index >= 15 is 0 Å². The van der Waals surface area contributed by atoms with Crippen LogP contribution < -0.4 is 5.56 Å². The van der Waals surface area contributed by atoms with E-state index in [0.29, 0.717) is 16.1 Å².